The summed E-state index contributed by atoms with van der Waals surface area (Å²) in [6.07, 6.45) is 1.99. The van der Waals surface area contributed by atoms with Crippen LogP contribution in [-0.4, -0.2) is 37.7 Å². The maximum absolute atomic E-state index is 12.2. The molecular formula is C14H20N2O2. The lowest BCUT2D eigenvalue weighted by Crippen LogP contribution is -2.28. The van der Waals surface area contributed by atoms with Gasteiger partial charge in [0.25, 0.3) is 0 Å². The van der Waals surface area contributed by atoms with Crippen molar-refractivity contribution >= 4 is 5.91 Å². The number of carbonyl (C=O) groups is 1. The van der Waals surface area contributed by atoms with E-state index in [9.17, 15) is 4.79 Å². The van der Waals surface area contributed by atoms with Crippen molar-refractivity contribution in [3.63, 3.8) is 0 Å². The van der Waals surface area contributed by atoms with E-state index in [0.717, 1.165) is 31.6 Å². The zero-order valence-corrected chi connectivity index (χ0v) is 10.8. The molecular weight excluding hydrogens is 228 g/mol. The molecule has 1 heterocycles. The van der Waals surface area contributed by atoms with Crippen LogP contribution in [-0.2, 0) is 9.53 Å². The van der Waals surface area contributed by atoms with Crippen LogP contribution in [0.5, 0.6) is 0 Å². The van der Waals surface area contributed by atoms with Gasteiger partial charge in [0.2, 0.25) is 5.91 Å². The van der Waals surface area contributed by atoms with Crippen LogP contribution in [0.4, 0.5) is 0 Å². The normalized spacial score (nSPS) is 19.5. The van der Waals surface area contributed by atoms with E-state index >= 15 is 0 Å². The molecule has 4 nitrogen and oxygen atoms in total. The third-order valence-electron chi connectivity index (χ3n) is 3.20. The van der Waals surface area contributed by atoms with Gasteiger partial charge in [-0.15, -0.1) is 0 Å². The Balaban J connectivity index is 1.86. The molecule has 4 heteroatoms. The monoisotopic (exact) mass is 248 g/mol. The molecule has 1 aliphatic rings. The van der Waals surface area contributed by atoms with Gasteiger partial charge in [0.15, 0.2) is 0 Å². The zero-order valence-electron chi connectivity index (χ0n) is 10.8. The highest BCUT2D eigenvalue weighted by Gasteiger charge is 2.31. The lowest BCUT2D eigenvalue weighted by molar-refractivity contribution is -0.129. The molecule has 1 fully saturated rings. The summed E-state index contributed by atoms with van der Waals surface area (Å²) in [4.78, 5) is 14.1. The van der Waals surface area contributed by atoms with Gasteiger partial charge in [0.1, 0.15) is 6.04 Å². The second-order valence-corrected chi connectivity index (χ2v) is 4.51. The van der Waals surface area contributed by atoms with Crippen LogP contribution < -0.4 is 5.32 Å². The fourth-order valence-corrected chi connectivity index (χ4v) is 2.19. The second-order valence-electron chi connectivity index (χ2n) is 4.51. The Bertz CT molecular complexity index is 381. The Kier molecular flexibility index (Phi) is 4.73. The van der Waals surface area contributed by atoms with Gasteiger partial charge in [-0.3, -0.25) is 10.1 Å². The van der Waals surface area contributed by atoms with Crippen molar-refractivity contribution in [1.29, 1.82) is 0 Å². The van der Waals surface area contributed by atoms with E-state index in [4.69, 9.17) is 4.74 Å². The molecule has 1 N–H and O–H groups in total. The first kappa shape index (κ1) is 13.1. The van der Waals surface area contributed by atoms with Crippen molar-refractivity contribution in [2.45, 2.75) is 18.9 Å². The molecule has 1 saturated heterocycles. The third kappa shape index (κ3) is 3.09. The SMILES string of the molecule is COCCCCN1CNC(c2ccccc2)C1=O. The quantitative estimate of drug-likeness (QED) is 0.777. The minimum Gasteiger partial charge on any atom is -0.385 e. The average Bonchev–Trinajstić information content (AvgIpc) is 2.77. The van der Waals surface area contributed by atoms with Crippen molar-refractivity contribution in [3.05, 3.63) is 35.9 Å². The van der Waals surface area contributed by atoms with Crippen molar-refractivity contribution in [2.24, 2.45) is 0 Å². The van der Waals surface area contributed by atoms with Crippen LogP contribution in [0.15, 0.2) is 30.3 Å². The van der Waals surface area contributed by atoms with E-state index < -0.39 is 0 Å². The highest BCUT2D eigenvalue weighted by Crippen LogP contribution is 2.20. The Morgan fingerprint density at radius 2 is 2.11 bits per heavy atom. The van der Waals surface area contributed by atoms with Crippen molar-refractivity contribution in [2.75, 3.05) is 26.9 Å². The van der Waals surface area contributed by atoms with Crippen LogP contribution >= 0.6 is 0 Å². The Hall–Kier alpha value is -1.39. The van der Waals surface area contributed by atoms with Crippen LogP contribution in [0.25, 0.3) is 0 Å². The van der Waals surface area contributed by atoms with E-state index in [1.54, 1.807) is 7.11 Å². The molecule has 0 bridgehead atoms. The van der Waals surface area contributed by atoms with Gasteiger partial charge in [-0.1, -0.05) is 30.3 Å². The highest BCUT2D eigenvalue weighted by atomic mass is 16.5. The largest absolute Gasteiger partial charge is 0.385 e. The summed E-state index contributed by atoms with van der Waals surface area (Å²) < 4.78 is 5.00. The first-order valence-electron chi connectivity index (χ1n) is 6.39. The topological polar surface area (TPSA) is 41.6 Å². The number of nitrogens with one attached hydrogen (secondary N) is 1. The van der Waals surface area contributed by atoms with Gasteiger partial charge in [0, 0.05) is 20.3 Å². The molecule has 1 unspecified atom stereocenters. The van der Waals surface area contributed by atoms with Gasteiger partial charge in [-0.25, -0.2) is 0 Å². The van der Waals surface area contributed by atoms with E-state index in [1.807, 2.05) is 35.2 Å². The van der Waals surface area contributed by atoms with Gasteiger partial charge in [0.05, 0.1) is 6.67 Å². The maximum atomic E-state index is 12.2. The van der Waals surface area contributed by atoms with Gasteiger partial charge >= 0.3 is 0 Å². The molecule has 1 aromatic rings. The summed E-state index contributed by atoms with van der Waals surface area (Å²) in [7, 11) is 1.70. The lowest BCUT2D eigenvalue weighted by Gasteiger charge is -2.15. The lowest BCUT2D eigenvalue weighted by atomic mass is 10.1. The Labute approximate surface area is 108 Å². The number of hydrogen-bond acceptors (Lipinski definition) is 3. The summed E-state index contributed by atoms with van der Waals surface area (Å²) in [5.41, 5.74) is 1.04. The maximum Gasteiger partial charge on any atom is 0.245 e. The predicted octanol–water partition coefficient (Wildman–Crippen LogP) is 1.54. The third-order valence-corrected chi connectivity index (χ3v) is 3.20. The number of amides is 1. The van der Waals surface area contributed by atoms with Gasteiger partial charge < -0.3 is 9.64 Å². The number of rotatable bonds is 6. The van der Waals surface area contributed by atoms with E-state index in [2.05, 4.69) is 5.32 Å². The van der Waals surface area contributed by atoms with Crippen LogP contribution in [0.1, 0.15) is 24.4 Å². The van der Waals surface area contributed by atoms with Crippen LogP contribution in [0.2, 0.25) is 0 Å². The van der Waals surface area contributed by atoms with E-state index in [-0.39, 0.29) is 11.9 Å². The van der Waals surface area contributed by atoms with E-state index in [0.29, 0.717) is 6.67 Å². The number of carbonyl (C=O) groups excluding carboxylic acids is 1. The minimum absolute atomic E-state index is 0.173. The number of ether oxygens (including phenoxy) is 1. The second kappa shape index (κ2) is 6.52. The Morgan fingerprint density at radius 3 is 2.83 bits per heavy atom. The molecule has 0 spiro atoms. The summed E-state index contributed by atoms with van der Waals surface area (Å²) in [5, 5.41) is 3.26. The molecule has 0 aromatic heterocycles. The number of benzene rings is 1. The summed E-state index contributed by atoms with van der Waals surface area (Å²) >= 11 is 0. The number of nitrogens with zero attached hydrogens (tertiary/aromatic N) is 1. The molecule has 1 amide bonds. The molecule has 1 atom stereocenters. The molecule has 98 valence electrons. The highest BCUT2D eigenvalue weighted by molar-refractivity contribution is 5.85. The molecule has 0 saturated carbocycles. The minimum atomic E-state index is -0.173. The first-order valence-corrected chi connectivity index (χ1v) is 6.39. The Morgan fingerprint density at radius 1 is 1.33 bits per heavy atom. The molecule has 0 aliphatic carbocycles. The molecule has 0 radical (unpaired) electrons. The number of hydrogen-bond donors (Lipinski definition) is 1. The summed E-state index contributed by atoms with van der Waals surface area (Å²) in [6, 6.07) is 9.70. The molecule has 2 rings (SSSR count). The van der Waals surface area contributed by atoms with Gasteiger partial charge in [-0.05, 0) is 18.4 Å². The fourth-order valence-electron chi connectivity index (χ4n) is 2.19. The molecule has 1 aliphatic heterocycles. The standard InChI is InChI=1S/C14H20N2O2/c1-18-10-6-5-9-16-11-15-13(14(16)17)12-7-3-2-4-8-12/h2-4,7-8,13,15H,5-6,9-11H2,1H3. The van der Waals surface area contributed by atoms with Crippen molar-refractivity contribution < 1.29 is 9.53 Å². The average molecular weight is 248 g/mol. The van der Waals surface area contributed by atoms with Gasteiger partial charge in [-0.2, -0.15) is 0 Å². The van der Waals surface area contributed by atoms with Crippen LogP contribution in [0, 0.1) is 0 Å². The smallest absolute Gasteiger partial charge is 0.245 e. The molecule has 18 heavy (non-hydrogen) atoms. The predicted molar refractivity (Wildman–Crippen MR) is 70.0 cm³/mol. The van der Waals surface area contributed by atoms with Crippen LogP contribution in [0.3, 0.4) is 0 Å². The number of methoxy groups -OCH3 is 1. The van der Waals surface area contributed by atoms with E-state index in [1.165, 1.54) is 0 Å². The van der Waals surface area contributed by atoms with Crippen molar-refractivity contribution in [1.82, 2.24) is 10.2 Å². The summed E-state index contributed by atoms with van der Waals surface area (Å²) in [6.45, 7) is 2.21. The first-order chi connectivity index (χ1) is 8.83. The van der Waals surface area contributed by atoms with Crippen molar-refractivity contribution in [3.8, 4) is 0 Å². The zero-order chi connectivity index (χ0) is 12.8. The number of unbranched alkanes of at least 4 members (excludes halogenated alkanes) is 1. The summed E-state index contributed by atoms with van der Waals surface area (Å²) in [5.74, 6) is 0.179. The fraction of sp³-hybridized carbons (Fsp3) is 0.500. The molecule has 1 aromatic carbocycles.